The van der Waals surface area contributed by atoms with Crippen LogP contribution in [0.15, 0.2) is 0 Å². The standard InChI is InChI=1S/C15H29NO2/c1-4-7-15(8-5-2)11-16(12-15)10-13(6-3)9-14(17)18/h13H,4-12H2,1-3H3,(H,17,18). The Bertz CT molecular complexity index is 251. The monoisotopic (exact) mass is 255 g/mol. The van der Waals surface area contributed by atoms with Gasteiger partial charge in [0, 0.05) is 26.1 Å². The lowest BCUT2D eigenvalue weighted by Gasteiger charge is -2.51. The van der Waals surface area contributed by atoms with Crippen molar-refractivity contribution in [3.8, 4) is 0 Å². The van der Waals surface area contributed by atoms with Gasteiger partial charge in [-0.25, -0.2) is 0 Å². The highest BCUT2D eigenvalue weighted by molar-refractivity contribution is 5.67. The molecule has 3 heteroatoms. The molecular weight excluding hydrogens is 226 g/mol. The van der Waals surface area contributed by atoms with Gasteiger partial charge in [0.05, 0.1) is 0 Å². The zero-order valence-electron chi connectivity index (χ0n) is 12.2. The van der Waals surface area contributed by atoms with Gasteiger partial charge in [-0.1, -0.05) is 40.0 Å². The van der Waals surface area contributed by atoms with Crippen LogP contribution in [0.3, 0.4) is 0 Å². The molecule has 0 spiro atoms. The lowest BCUT2D eigenvalue weighted by Crippen LogP contribution is -2.57. The zero-order valence-corrected chi connectivity index (χ0v) is 12.2. The van der Waals surface area contributed by atoms with Crippen molar-refractivity contribution in [3.05, 3.63) is 0 Å². The van der Waals surface area contributed by atoms with Gasteiger partial charge in [0.15, 0.2) is 0 Å². The molecule has 0 aromatic rings. The lowest BCUT2D eigenvalue weighted by atomic mass is 9.72. The Morgan fingerprint density at radius 3 is 2.17 bits per heavy atom. The Balaban J connectivity index is 2.37. The summed E-state index contributed by atoms with van der Waals surface area (Å²) < 4.78 is 0. The number of aliphatic carboxylic acids is 1. The fourth-order valence-electron chi connectivity index (χ4n) is 3.48. The summed E-state index contributed by atoms with van der Waals surface area (Å²) in [6.45, 7) is 9.96. The number of carbonyl (C=O) groups is 1. The molecule has 1 atom stereocenters. The van der Waals surface area contributed by atoms with Crippen LogP contribution in [-0.4, -0.2) is 35.6 Å². The first kappa shape index (κ1) is 15.5. The largest absolute Gasteiger partial charge is 0.481 e. The molecule has 1 aliphatic rings. The third-order valence-corrected chi connectivity index (χ3v) is 4.24. The molecule has 3 nitrogen and oxygen atoms in total. The van der Waals surface area contributed by atoms with Crippen molar-refractivity contribution < 1.29 is 9.90 Å². The minimum absolute atomic E-state index is 0.321. The van der Waals surface area contributed by atoms with E-state index in [1.54, 1.807) is 0 Å². The average Bonchev–Trinajstić information content (AvgIpc) is 2.25. The SMILES string of the molecule is CCCC1(CCC)CN(CC(CC)CC(=O)O)C1. The van der Waals surface area contributed by atoms with Crippen LogP contribution in [-0.2, 0) is 4.79 Å². The molecule has 1 unspecified atom stereocenters. The number of carboxylic acids is 1. The quantitative estimate of drug-likeness (QED) is 0.686. The number of likely N-dealkylation sites (tertiary alicyclic amines) is 1. The molecule has 0 saturated carbocycles. The van der Waals surface area contributed by atoms with E-state index < -0.39 is 5.97 Å². The van der Waals surface area contributed by atoms with Gasteiger partial charge in [0.25, 0.3) is 0 Å². The molecule has 0 bridgehead atoms. The van der Waals surface area contributed by atoms with Crippen molar-refractivity contribution in [1.29, 1.82) is 0 Å². The van der Waals surface area contributed by atoms with Crippen molar-refractivity contribution in [2.45, 2.75) is 59.3 Å². The number of rotatable bonds is 9. The van der Waals surface area contributed by atoms with Gasteiger partial charge < -0.3 is 10.0 Å². The van der Waals surface area contributed by atoms with Crippen molar-refractivity contribution in [2.24, 2.45) is 11.3 Å². The maximum absolute atomic E-state index is 10.8. The molecule has 1 N–H and O–H groups in total. The van der Waals surface area contributed by atoms with E-state index in [9.17, 15) is 4.79 Å². The summed E-state index contributed by atoms with van der Waals surface area (Å²) in [5.74, 6) is -0.334. The Morgan fingerprint density at radius 1 is 1.22 bits per heavy atom. The summed E-state index contributed by atoms with van der Waals surface area (Å²) in [7, 11) is 0. The van der Waals surface area contributed by atoms with Crippen molar-refractivity contribution in [1.82, 2.24) is 4.90 Å². The van der Waals surface area contributed by atoms with Gasteiger partial charge in [0.1, 0.15) is 0 Å². The maximum atomic E-state index is 10.8. The maximum Gasteiger partial charge on any atom is 0.303 e. The van der Waals surface area contributed by atoms with E-state index in [-0.39, 0.29) is 0 Å². The van der Waals surface area contributed by atoms with Gasteiger partial charge in [-0.05, 0) is 24.2 Å². The molecule has 0 aromatic carbocycles. The Hall–Kier alpha value is -0.570. The van der Waals surface area contributed by atoms with Crippen LogP contribution in [0.1, 0.15) is 59.3 Å². The van der Waals surface area contributed by atoms with Crippen LogP contribution in [0, 0.1) is 11.3 Å². The molecule has 0 aromatic heterocycles. The topological polar surface area (TPSA) is 40.5 Å². The van der Waals surface area contributed by atoms with Gasteiger partial charge in [-0.3, -0.25) is 4.79 Å². The minimum atomic E-state index is -0.657. The van der Waals surface area contributed by atoms with Gasteiger partial charge in [-0.2, -0.15) is 0 Å². The third-order valence-electron chi connectivity index (χ3n) is 4.24. The molecule has 1 aliphatic heterocycles. The van der Waals surface area contributed by atoms with Crippen LogP contribution >= 0.6 is 0 Å². The predicted octanol–water partition coefficient (Wildman–Crippen LogP) is 3.39. The van der Waals surface area contributed by atoms with E-state index in [1.807, 2.05) is 0 Å². The highest BCUT2D eigenvalue weighted by atomic mass is 16.4. The van der Waals surface area contributed by atoms with Crippen LogP contribution in [0.5, 0.6) is 0 Å². The number of carboxylic acid groups (broad SMARTS) is 1. The summed E-state index contributed by atoms with van der Waals surface area (Å²) in [5, 5.41) is 8.87. The van der Waals surface area contributed by atoms with Gasteiger partial charge >= 0.3 is 5.97 Å². The van der Waals surface area contributed by atoms with Crippen LogP contribution in [0.4, 0.5) is 0 Å². The second kappa shape index (κ2) is 7.13. The summed E-state index contributed by atoms with van der Waals surface area (Å²) in [5.41, 5.74) is 0.547. The fourth-order valence-corrected chi connectivity index (χ4v) is 3.48. The predicted molar refractivity (Wildman–Crippen MR) is 74.7 cm³/mol. The highest BCUT2D eigenvalue weighted by Gasteiger charge is 2.41. The van der Waals surface area contributed by atoms with Crippen LogP contribution < -0.4 is 0 Å². The fraction of sp³-hybridized carbons (Fsp3) is 0.933. The van der Waals surface area contributed by atoms with Gasteiger partial charge in [-0.15, -0.1) is 0 Å². The van der Waals surface area contributed by atoms with E-state index in [0.717, 1.165) is 13.0 Å². The molecule has 0 aliphatic carbocycles. The number of hydrogen-bond acceptors (Lipinski definition) is 2. The Kier molecular flexibility index (Phi) is 6.13. The molecule has 0 amide bonds. The molecule has 1 saturated heterocycles. The Morgan fingerprint density at radius 2 is 1.78 bits per heavy atom. The second-order valence-electron chi connectivity index (χ2n) is 6.04. The number of nitrogens with zero attached hydrogens (tertiary/aromatic N) is 1. The molecule has 0 radical (unpaired) electrons. The van der Waals surface area contributed by atoms with E-state index in [4.69, 9.17) is 5.11 Å². The molecule has 1 heterocycles. The van der Waals surface area contributed by atoms with Crippen molar-refractivity contribution in [2.75, 3.05) is 19.6 Å². The molecular formula is C15H29NO2. The summed E-state index contributed by atoms with van der Waals surface area (Å²) >= 11 is 0. The smallest absolute Gasteiger partial charge is 0.303 e. The van der Waals surface area contributed by atoms with E-state index in [1.165, 1.54) is 38.8 Å². The third kappa shape index (κ3) is 4.27. The molecule has 18 heavy (non-hydrogen) atoms. The van der Waals surface area contributed by atoms with Crippen LogP contribution in [0.2, 0.25) is 0 Å². The second-order valence-corrected chi connectivity index (χ2v) is 6.04. The highest BCUT2D eigenvalue weighted by Crippen LogP contribution is 2.40. The first-order valence-corrected chi connectivity index (χ1v) is 7.49. The van der Waals surface area contributed by atoms with Crippen molar-refractivity contribution in [3.63, 3.8) is 0 Å². The number of hydrogen-bond donors (Lipinski definition) is 1. The first-order chi connectivity index (χ1) is 8.55. The van der Waals surface area contributed by atoms with Gasteiger partial charge in [0.2, 0.25) is 0 Å². The lowest BCUT2D eigenvalue weighted by molar-refractivity contribution is -0.138. The summed E-state index contributed by atoms with van der Waals surface area (Å²) in [6.07, 6.45) is 6.47. The minimum Gasteiger partial charge on any atom is -0.481 e. The Labute approximate surface area is 112 Å². The van der Waals surface area contributed by atoms with E-state index in [0.29, 0.717) is 17.8 Å². The van der Waals surface area contributed by atoms with E-state index in [2.05, 4.69) is 25.7 Å². The van der Waals surface area contributed by atoms with E-state index >= 15 is 0 Å². The first-order valence-electron chi connectivity index (χ1n) is 7.49. The zero-order chi connectivity index (χ0) is 13.6. The molecule has 1 fully saturated rings. The summed E-state index contributed by atoms with van der Waals surface area (Å²) in [6, 6.07) is 0. The normalized spacial score (nSPS) is 20.4. The van der Waals surface area contributed by atoms with Crippen molar-refractivity contribution >= 4 is 5.97 Å². The molecule has 1 rings (SSSR count). The molecule has 106 valence electrons. The van der Waals surface area contributed by atoms with Crippen LogP contribution in [0.25, 0.3) is 0 Å². The average molecular weight is 255 g/mol. The summed E-state index contributed by atoms with van der Waals surface area (Å²) in [4.78, 5) is 13.2.